The van der Waals surface area contributed by atoms with Crippen molar-refractivity contribution in [1.29, 1.82) is 0 Å². The number of hydrogen-bond donors (Lipinski definition) is 0. The fourth-order valence-corrected chi connectivity index (χ4v) is 3.09. The van der Waals surface area contributed by atoms with Crippen LogP contribution < -0.4 is 0 Å². The molecule has 7 nitrogen and oxygen atoms in total. The summed E-state index contributed by atoms with van der Waals surface area (Å²) in [6.45, 7) is 4.77. The lowest BCUT2D eigenvalue weighted by Gasteiger charge is -2.13. The molecule has 0 fully saturated rings. The fraction of sp³-hybridized carbons (Fsp3) is 0.278. The Morgan fingerprint density at radius 1 is 1.04 bits per heavy atom. The highest BCUT2D eigenvalue weighted by Crippen LogP contribution is 2.19. The smallest absolute Gasteiger partial charge is 0.179 e. The molecular formula is C18H19N7. The molecule has 4 aromatic rings. The van der Waals surface area contributed by atoms with E-state index in [0.29, 0.717) is 6.54 Å². The normalized spacial score (nSPS) is 11.3. The van der Waals surface area contributed by atoms with Crippen LogP contribution in [0.2, 0.25) is 0 Å². The van der Waals surface area contributed by atoms with Gasteiger partial charge in [-0.05, 0) is 25.5 Å². The van der Waals surface area contributed by atoms with Gasteiger partial charge < -0.3 is 4.57 Å². The van der Waals surface area contributed by atoms with Gasteiger partial charge in [0.25, 0.3) is 0 Å². The third-order valence-corrected chi connectivity index (χ3v) is 4.21. The molecule has 0 radical (unpaired) electrons. The second-order valence-corrected chi connectivity index (χ2v) is 5.94. The standard InChI is InChI=1S/C18H19N7/c1-3-6-16-15(21-11-17-23-22-13(2)25(16)17)12-24-10-9-20-18(24)14-7-4-5-8-19-14/h4-5,7-11H,3,6,12H2,1-2H3. The zero-order valence-electron chi connectivity index (χ0n) is 14.3. The topological polar surface area (TPSA) is 73.8 Å². The van der Waals surface area contributed by atoms with Gasteiger partial charge in [0, 0.05) is 24.3 Å². The number of aryl methyl sites for hydroxylation is 2. The maximum absolute atomic E-state index is 4.66. The van der Waals surface area contributed by atoms with E-state index in [-0.39, 0.29) is 0 Å². The first-order valence-electron chi connectivity index (χ1n) is 8.39. The maximum atomic E-state index is 4.66. The molecule has 0 amide bonds. The highest BCUT2D eigenvalue weighted by Gasteiger charge is 2.15. The number of aromatic nitrogens is 7. The highest BCUT2D eigenvalue weighted by molar-refractivity contribution is 5.49. The Bertz CT molecular complexity index is 1000. The largest absolute Gasteiger partial charge is 0.324 e. The summed E-state index contributed by atoms with van der Waals surface area (Å²) in [5.41, 5.74) is 3.81. The molecule has 0 aliphatic carbocycles. The lowest BCUT2D eigenvalue weighted by atomic mass is 10.2. The molecule has 0 aromatic carbocycles. The molecule has 0 atom stereocenters. The molecule has 4 heterocycles. The number of hydrogen-bond acceptors (Lipinski definition) is 5. The number of pyridine rings is 1. The van der Waals surface area contributed by atoms with Crippen LogP contribution in [0, 0.1) is 6.92 Å². The lowest BCUT2D eigenvalue weighted by Crippen LogP contribution is -2.11. The van der Waals surface area contributed by atoms with Crippen molar-refractivity contribution in [3.8, 4) is 11.5 Å². The van der Waals surface area contributed by atoms with Gasteiger partial charge >= 0.3 is 0 Å². The quantitative estimate of drug-likeness (QED) is 0.561. The second kappa shape index (κ2) is 6.43. The van der Waals surface area contributed by atoms with Gasteiger partial charge in [-0.25, -0.2) is 4.98 Å². The van der Waals surface area contributed by atoms with Crippen molar-refractivity contribution >= 4 is 5.65 Å². The van der Waals surface area contributed by atoms with E-state index in [9.17, 15) is 0 Å². The van der Waals surface area contributed by atoms with E-state index in [2.05, 4.69) is 41.0 Å². The van der Waals surface area contributed by atoms with Crippen molar-refractivity contribution in [3.63, 3.8) is 0 Å². The van der Waals surface area contributed by atoms with Gasteiger partial charge in [0.2, 0.25) is 0 Å². The van der Waals surface area contributed by atoms with Crippen molar-refractivity contribution in [1.82, 2.24) is 34.1 Å². The molecule has 25 heavy (non-hydrogen) atoms. The maximum Gasteiger partial charge on any atom is 0.179 e. The highest BCUT2D eigenvalue weighted by atomic mass is 15.3. The van der Waals surface area contributed by atoms with Gasteiger partial charge in [-0.3, -0.25) is 14.4 Å². The van der Waals surface area contributed by atoms with E-state index < -0.39 is 0 Å². The van der Waals surface area contributed by atoms with E-state index in [1.54, 1.807) is 18.6 Å². The molecule has 0 N–H and O–H groups in total. The van der Waals surface area contributed by atoms with Gasteiger partial charge in [0.05, 0.1) is 18.4 Å². The number of nitrogens with zero attached hydrogens (tertiary/aromatic N) is 7. The second-order valence-electron chi connectivity index (χ2n) is 5.94. The lowest BCUT2D eigenvalue weighted by molar-refractivity contribution is 0.728. The Morgan fingerprint density at radius 3 is 2.76 bits per heavy atom. The van der Waals surface area contributed by atoms with Crippen LogP contribution >= 0.6 is 0 Å². The van der Waals surface area contributed by atoms with Crippen LogP contribution in [0.4, 0.5) is 0 Å². The van der Waals surface area contributed by atoms with Crippen LogP contribution in [-0.4, -0.2) is 34.1 Å². The number of rotatable bonds is 5. The summed E-state index contributed by atoms with van der Waals surface area (Å²) in [7, 11) is 0. The number of fused-ring (bicyclic) bond motifs is 1. The van der Waals surface area contributed by atoms with Crippen LogP contribution in [0.1, 0.15) is 30.6 Å². The van der Waals surface area contributed by atoms with Crippen LogP contribution in [0.3, 0.4) is 0 Å². The van der Waals surface area contributed by atoms with Crippen LogP contribution in [0.5, 0.6) is 0 Å². The average Bonchev–Trinajstić information content (AvgIpc) is 3.25. The fourth-order valence-electron chi connectivity index (χ4n) is 3.09. The predicted molar refractivity (Wildman–Crippen MR) is 94.1 cm³/mol. The average molecular weight is 333 g/mol. The molecule has 7 heteroatoms. The Balaban J connectivity index is 1.78. The van der Waals surface area contributed by atoms with E-state index in [0.717, 1.165) is 47.2 Å². The van der Waals surface area contributed by atoms with Crippen molar-refractivity contribution in [2.45, 2.75) is 33.2 Å². The molecule has 0 saturated heterocycles. The van der Waals surface area contributed by atoms with Crippen molar-refractivity contribution in [2.75, 3.05) is 0 Å². The zero-order chi connectivity index (χ0) is 17.2. The van der Waals surface area contributed by atoms with Gasteiger partial charge in [0.15, 0.2) is 11.5 Å². The molecular weight excluding hydrogens is 314 g/mol. The summed E-state index contributed by atoms with van der Waals surface area (Å²) in [6, 6.07) is 5.83. The van der Waals surface area contributed by atoms with Crippen LogP contribution in [-0.2, 0) is 13.0 Å². The molecule has 0 saturated carbocycles. The number of imidazole rings is 1. The first-order chi connectivity index (χ1) is 12.3. The van der Waals surface area contributed by atoms with Crippen LogP contribution in [0.15, 0.2) is 43.0 Å². The molecule has 0 aliphatic rings. The molecule has 4 rings (SSSR count). The molecule has 0 spiro atoms. The molecule has 126 valence electrons. The van der Waals surface area contributed by atoms with E-state index >= 15 is 0 Å². The monoisotopic (exact) mass is 333 g/mol. The Hall–Kier alpha value is -3.09. The molecule has 4 aromatic heterocycles. The van der Waals surface area contributed by atoms with Crippen LogP contribution in [0.25, 0.3) is 17.2 Å². The first kappa shape index (κ1) is 15.4. The third kappa shape index (κ3) is 2.77. The summed E-state index contributed by atoms with van der Waals surface area (Å²) in [5.74, 6) is 1.73. The van der Waals surface area contributed by atoms with Gasteiger partial charge in [-0.1, -0.05) is 19.4 Å². The minimum absolute atomic E-state index is 0.634. The minimum atomic E-state index is 0.634. The summed E-state index contributed by atoms with van der Waals surface area (Å²) in [4.78, 5) is 13.5. The van der Waals surface area contributed by atoms with Gasteiger partial charge in [-0.15, -0.1) is 10.2 Å². The van der Waals surface area contributed by atoms with Crippen molar-refractivity contribution in [3.05, 3.63) is 60.2 Å². The SMILES string of the molecule is CCCc1c(Cn2ccnc2-c2ccccn2)ncc2nnc(C)n12. The predicted octanol–water partition coefficient (Wildman–Crippen LogP) is 2.69. The summed E-state index contributed by atoms with van der Waals surface area (Å²) in [6.07, 6.45) is 9.28. The summed E-state index contributed by atoms with van der Waals surface area (Å²) in [5, 5.41) is 8.37. The van der Waals surface area contributed by atoms with E-state index in [4.69, 9.17) is 0 Å². The Labute approximate surface area is 145 Å². The summed E-state index contributed by atoms with van der Waals surface area (Å²) >= 11 is 0. The summed E-state index contributed by atoms with van der Waals surface area (Å²) < 4.78 is 4.18. The van der Waals surface area contributed by atoms with E-state index in [1.165, 1.54) is 0 Å². The minimum Gasteiger partial charge on any atom is -0.324 e. The zero-order valence-corrected chi connectivity index (χ0v) is 14.3. The van der Waals surface area contributed by atoms with Crippen molar-refractivity contribution in [2.24, 2.45) is 0 Å². The van der Waals surface area contributed by atoms with Gasteiger partial charge in [0.1, 0.15) is 11.5 Å². The third-order valence-electron chi connectivity index (χ3n) is 4.21. The first-order valence-corrected chi connectivity index (χ1v) is 8.39. The Kier molecular flexibility index (Phi) is 3.97. The Morgan fingerprint density at radius 2 is 1.96 bits per heavy atom. The molecule has 0 aliphatic heterocycles. The molecule has 0 unspecified atom stereocenters. The van der Waals surface area contributed by atoms with Crippen molar-refractivity contribution < 1.29 is 0 Å². The van der Waals surface area contributed by atoms with Gasteiger partial charge in [-0.2, -0.15) is 0 Å². The molecule has 0 bridgehead atoms. The van der Waals surface area contributed by atoms with E-state index in [1.807, 2.05) is 31.3 Å².